The average molecular weight is 405 g/mol. The van der Waals surface area contributed by atoms with Gasteiger partial charge in [-0.2, -0.15) is 4.98 Å². The van der Waals surface area contributed by atoms with E-state index in [1.807, 2.05) is 53.4 Å². The summed E-state index contributed by atoms with van der Waals surface area (Å²) in [7, 11) is 0. The zero-order valence-corrected chi connectivity index (χ0v) is 16.5. The van der Waals surface area contributed by atoms with Crippen molar-refractivity contribution in [1.29, 1.82) is 0 Å². The van der Waals surface area contributed by atoms with Crippen LogP contribution in [-0.2, 0) is 4.74 Å². The lowest BCUT2D eigenvalue weighted by atomic mass is 10.0. The van der Waals surface area contributed by atoms with Crippen molar-refractivity contribution in [2.45, 2.75) is 25.0 Å². The van der Waals surface area contributed by atoms with Crippen LogP contribution in [0.4, 0.5) is 0 Å². The molecular weight excluding hydrogens is 382 g/mol. The third-order valence-electron chi connectivity index (χ3n) is 6.00. The van der Waals surface area contributed by atoms with Crippen molar-refractivity contribution < 1.29 is 19.2 Å². The fraction of sp³-hybridized carbons (Fsp3) is 0.348. The molecule has 1 aliphatic carbocycles. The molecule has 3 atom stereocenters. The van der Waals surface area contributed by atoms with E-state index in [1.54, 1.807) is 6.07 Å². The van der Waals surface area contributed by atoms with Crippen molar-refractivity contribution in [3.05, 3.63) is 60.2 Å². The Morgan fingerprint density at radius 2 is 1.90 bits per heavy atom. The number of carbonyl (C=O) groups is 1. The van der Waals surface area contributed by atoms with E-state index in [9.17, 15) is 9.90 Å². The number of rotatable bonds is 4. The standard InChI is InChI=1S/C23H23N3O4/c27-14-15-12-19-20(13-15)29-11-10-26(19)23(28)18-9-5-4-8-17(18)22-24-21(25-30-22)16-6-2-1-3-7-16/h1-9,15,19-20,27H,10-14H2/t15-,19+,20+/m1/s1. The molecule has 5 rings (SSSR count). The maximum absolute atomic E-state index is 13.5. The molecule has 0 spiro atoms. The van der Waals surface area contributed by atoms with Crippen molar-refractivity contribution in [2.75, 3.05) is 19.8 Å². The molecule has 0 unspecified atom stereocenters. The molecular formula is C23H23N3O4. The minimum absolute atomic E-state index is 0.0138. The van der Waals surface area contributed by atoms with Gasteiger partial charge in [0, 0.05) is 18.7 Å². The highest BCUT2D eigenvalue weighted by molar-refractivity contribution is 6.00. The van der Waals surface area contributed by atoms with Gasteiger partial charge in [0.2, 0.25) is 5.82 Å². The second-order valence-corrected chi connectivity index (χ2v) is 7.83. The monoisotopic (exact) mass is 405 g/mol. The van der Waals surface area contributed by atoms with Gasteiger partial charge >= 0.3 is 0 Å². The number of nitrogens with zero attached hydrogens (tertiary/aromatic N) is 3. The molecule has 1 N–H and O–H groups in total. The minimum Gasteiger partial charge on any atom is -0.396 e. The van der Waals surface area contributed by atoms with Gasteiger partial charge in [0.1, 0.15) is 0 Å². The number of hydrogen-bond acceptors (Lipinski definition) is 6. The lowest BCUT2D eigenvalue weighted by Crippen LogP contribution is -2.51. The molecule has 30 heavy (non-hydrogen) atoms. The number of aliphatic hydroxyl groups is 1. The van der Waals surface area contributed by atoms with E-state index in [4.69, 9.17) is 9.26 Å². The summed E-state index contributed by atoms with van der Waals surface area (Å²) in [6.45, 7) is 1.16. The van der Waals surface area contributed by atoms with Crippen molar-refractivity contribution in [3.63, 3.8) is 0 Å². The molecule has 154 valence electrons. The van der Waals surface area contributed by atoms with Gasteiger partial charge in [-0.15, -0.1) is 0 Å². The van der Waals surface area contributed by atoms with Gasteiger partial charge in [-0.25, -0.2) is 0 Å². The first-order valence-corrected chi connectivity index (χ1v) is 10.3. The second kappa shape index (κ2) is 8.01. The molecule has 1 aliphatic heterocycles. The fourth-order valence-electron chi connectivity index (χ4n) is 4.50. The van der Waals surface area contributed by atoms with Gasteiger partial charge in [0.25, 0.3) is 11.8 Å². The van der Waals surface area contributed by atoms with Crippen LogP contribution in [0.2, 0.25) is 0 Å². The Hall–Kier alpha value is -3.03. The van der Waals surface area contributed by atoms with Crippen LogP contribution in [0.3, 0.4) is 0 Å². The summed E-state index contributed by atoms with van der Waals surface area (Å²) < 4.78 is 11.4. The summed E-state index contributed by atoms with van der Waals surface area (Å²) in [5.74, 6) is 0.915. The van der Waals surface area contributed by atoms with E-state index < -0.39 is 0 Å². The Kier molecular flexibility index (Phi) is 5.06. The normalized spacial score (nSPS) is 23.4. The van der Waals surface area contributed by atoms with Gasteiger partial charge in [-0.3, -0.25) is 4.79 Å². The van der Waals surface area contributed by atoms with E-state index in [-0.39, 0.29) is 30.6 Å². The zero-order chi connectivity index (χ0) is 20.5. The van der Waals surface area contributed by atoms with E-state index in [2.05, 4.69) is 10.1 Å². The van der Waals surface area contributed by atoms with Crippen LogP contribution in [-0.4, -0.2) is 58.0 Å². The van der Waals surface area contributed by atoms with E-state index >= 15 is 0 Å². The lowest BCUT2D eigenvalue weighted by molar-refractivity contribution is -0.0448. The molecule has 2 heterocycles. The van der Waals surface area contributed by atoms with Crippen LogP contribution in [0.25, 0.3) is 22.8 Å². The van der Waals surface area contributed by atoms with Crippen molar-refractivity contribution >= 4 is 5.91 Å². The predicted octanol–water partition coefficient (Wildman–Crippen LogP) is 3.02. The van der Waals surface area contributed by atoms with Gasteiger partial charge in [-0.1, -0.05) is 47.6 Å². The van der Waals surface area contributed by atoms with Crippen LogP contribution in [0.5, 0.6) is 0 Å². The first kappa shape index (κ1) is 19.0. The summed E-state index contributed by atoms with van der Waals surface area (Å²) in [4.78, 5) is 19.9. The Morgan fingerprint density at radius 3 is 2.73 bits per heavy atom. The highest BCUT2D eigenvalue weighted by Crippen LogP contribution is 2.35. The number of amides is 1. The van der Waals surface area contributed by atoms with Crippen molar-refractivity contribution in [2.24, 2.45) is 5.92 Å². The molecule has 2 aromatic carbocycles. The third kappa shape index (κ3) is 3.40. The SMILES string of the molecule is O=C(c1ccccc1-c1nc(-c2ccccc2)no1)N1CCO[C@H]2C[C@H](CO)C[C@@H]21. The van der Waals surface area contributed by atoms with Crippen molar-refractivity contribution in [3.8, 4) is 22.8 Å². The maximum atomic E-state index is 13.5. The van der Waals surface area contributed by atoms with Gasteiger partial charge in [0.05, 0.1) is 29.9 Å². The summed E-state index contributed by atoms with van der Waals surface area (Å²) in [5.41, 5.74) is 2.01. The molecule has 1 aromatic heterocycles. The van der Waals surface area contributed by atoms with Crippen molar-refractivity contribution in [1.82, 2.24) is 15.0 Å². The minimum atomic E-state index is -0.0676. The number of hydrogen-bond donors (Lipinski definition) is 1. The van der Waals surface area contributed by atoms with E-state index in [1.165, 1.54) is 0 Å². The number of aromatic nitrogens is 2. The van der Waals surface area contributed by atoms with Crippen LogP contribution < -0.4 is 0 Å². The highest BCUT2D eigenvalue weighted by atomic mass is 16.5. The van der Waals surface area contributed by atoms with Crippen LogP contribution in [0.1, 0.15) is 23.2 Å². The number of carbonyl (C=O) groups excluding carboxylic acids is 1. The first-order chi connectivity index (χ1) is 14.7. The second-order valence-electron chi connectivity index (χ2n) is 7.83. The van der Waals surface area contributed by atoms with Crippen LogP contribution in [0.15, 0.2) is 59.1 Å². The molecule has 1 saturated heterocycles. The molecule has 2 aliphatic rings. The Morgan fingerprint density at radius 1 is 1.10 bits per heavy atom. The summed E-state index contributed by atoms with van der Waals surface area (Å²) >= 11 is 0. The summed E-state index contributed by atoms with van der Waals surface area (Å²) in [6.07, 6.45) is 1.53. The summed E-state index contributed by atoms with van der Waals surface area (Å²) in [5, 5.41) is 13.6. The topological polar surface area (TPSA) is 88.7 Å². The Labute approximate surface area is 174 Å². The van der Waals surface area contributed by atoms with Gasteiger partial charge in [0.15, 0.2) is 0 Å². The molecule has 1 saturated carbocycles. The molecule has 0 radical (unpaired) electrons. The maximum Gasteiger partial charge on any atom is 0.259 e. The molecule has 0 bridgehead atoms. The summed E-state index contributed by atoms with van der Waals surface area (Å²) in [6, 6.07) is 16.9. The highest BCUT2D eigenvalue weighted by Gasteiger charge is 2.43. The quantitative estimate of drug-likeness (QED) is 0.718. The molecule has 1 amide bonds. The fourth-order valence-corrected chi connectivity index (χ4v) is 4.50. The average Bonchev–Trinajstić information content (AvgIpc) is 3.46. The number of ether oxygens (including phenoxy) is 1. The van der Waals surface area contributed by atoms with Crippen LogP contribution >= 0.6 is 0 Å². The smallest absolute Gasteiger partial charge is 0.259 e. The predicted molar refractivity (Wildman–Crippen MR) is 110 cm³/mol. The Bertz CT molecular complexity index is 1040. The molecule has 2 fully saturated rings. The number of benzene rings is 2. The molecule has 7 nitrogen and oxygen atoms in total. The lowest BCUT2D eigenvalue weighted by Gasteiger charge is -2.37. The van der Waals surface area contributed by atoms with E-state index in [0.29, 0.717) is 36.0 Å². The number of morpholine rings is 1. The van der Waals surface area contributed by atoms with Crippen LogP contribution in [0, 0.1) is 5.92 Å². The zero-order valence-electron chi connectivity index (χ0n) is 16.5. The van der Waals surface area contributed by atoms with Gasteiger partial charge < -0.3 is 19.3 Å². The first-order valence-electron chi connectivity index (χ1n) is 10.3. The largest absolute Gasteiger partial charge is 0.396 e. The third-order valence-corrected chi connectivity index (χ3v) is 6.00. The van der Waals surface area contributed by atoms with Gasteiger partial charge in [-0.05, 0) is 30.9 Å². The number of fused-ring (bicyclic) bond motifs is 1. The Balaban J connectivity index is 1.45. The molecule has 7 heteroatoms. The molecule has 3 aromatic rings. The van der Waals surface area contributed by atoms with E-state index in [0.717, 1.165) is 18.4 Å². The number of aliphatic hydroxyl groups excluding tert-OH is 1.